The van der Waals surface area contributed by atoms with Gasteiger partial charge in [0, 0.05) is 59.0 Å². The highest BCUT2D eigenvalue weighted by atomic mass is 35.5. The molecule has 10 nitrogen and oxygen atoms in total. The van der Waals surface area contributed by atoms with Gasteiger partial charge in [-0.05, 0) is 74.2 Å². The molecule has 0 fully saturated rings. The Balaban J connectivity index is 1.57. The van der Waals surface area contributed by atoms with Crippen LogP contribution in [-0.4, -0.2) is 65.9 Å². The molecule has 2 heterocycles. The van der Waals surface area contributed by atoms with Gasteiger partial charge in [-0.1, -0.05) is 84.2 Å². The third-order valence-corrected chi connectivity index (χ3v) is 11.4. The molecule has 3 amide bonds. The lowest BCUT2D eigenvalue weighted by atomic mass is 10.0. The monoisotopic (exact) mass is 751 g/mol. The average molecular weight is 753 g/mol. The lowest BCUT2D eigenvalue weighted by Crippen LogP contribution is -2.57. The number of rotatable bonds is 10. The molecule has 1 aromatic heterocycles. The van der Waals surface area contributed by atoms with Crippen LogP contribution in [0.4, 0.5) is 0 Å². The molecule has 5 rings (SSSR count). The van der Waals surface area contributed by atoms with Crippen LogP contribution in [0.25, 0.3) is 10.9 Å². The van der Waals surface area contributed by atoms with E-state index in [0.29, 0.717) is 60.9 Å². The normalized spacial score (nSPS) is 19.3. The van der Waals surface area contributed by atoms with E-state index in [1.807, 2.05) is 60.8 Å². The topological polar surface area (TPSA) is 158 Å². The second-order valence-corrected chi connectivity index (χ2v) is 14.7. The molecule has 51 heavy (non-hydrogen) atoms. The van der Waals surface area contributed by atoms with E-state index in [4.69, 9.17) is 34.7 Å². The first-order valence-corrected chi connectivity index (χ1v) is 19.0. The molecule has 13 heteroatoms. The first kappa shape index (κ1) is 38.6. The van der Waals surface area contributed by atoms with Crippen molar-refractivity contribution in [2.45, 2.75) is 86.0 Å². The number of nitrogens with two attached hydrogens (primary N) is 2. The van der Waals surface area contributed by atoms with Crippen molar-refractivity contribution in [1.82, 2.24) is 25.8 Å². The van der Waals surface area contributed by atoms with Crippen LogP contribution in [0.2, 0.25) is 10.0 Å². The van der Waals surface area contributed by atoms with Gasteiger partial charge in [0.1, 0.15) is 12.1 Å². The van der Waals surface area contributed by atoms with Crippen molar-refractivity contribution in [3.8, 4) is 0 Å². The number of hydrogen-bond acceptors (Lipinski definition) is 7. The summed E-state index contributed by atoms with van der Waals surface area (Å²) in [5, 5.41) is 11.3. The molecule has 0 radical (unpaired) electrons. The van der Waals surface area contributed by atoms with Crippen molar-refractivity contribution in [3.05, 3.63) is 93.6 Å². The molecule has 0 aliphatic carbocycles. The Kier molecular flexibility index (Phi) is 14.2. The Morgan fingerprint density at radius 1 is 0.824 bits per heavy atom. The number of carbonyl (C=O) groups is 3. The number of benzene rings is 3. The number of para-hydroxylation sites is 1. The second kappa shape index (κ2) is 18.8. The highest BCUT2D eigenvalue weighted by Gasteiger charge is 2.34. The molecule has 8 N–H and O–H groups in total. The van der Waals surface area contributed by atoms with Crippen molar-refractivity contribution in [2.75, 3.05) is 20.1 Å². The number of nitrogens with zero attached hydrogens (tertiary/aromatic N) is 1. The van der Waals surface area contributed by atoms with Gasteiger partial charge in [0.15, 0.2) is 0 Å². The van der Waals surface area contributed by atoms with Crippen LogP contribution in [0, 0.1) is 0 Å². The van der Waals surface area contributed by atoms with Gasteiger partial charge in [0.25, 0.3) is 0 Å². The quantitative estimate of drug-likeness (QED) is 0.116. The summed E-state index contributed by atoms with van der Waals surface area (Å²) in [4.78, 5) is 49.3. The lowest BCUT2D eigenvalue weighted by molar-refractivity contribution is -0.142. The third kappa shape index (κ3) is 9.85. The van der Waals surface area contributed by atoms with Gasteiger partial charge in [0.2, 0.25) is 17.7 Å². The summed E-state index contributed by atoms with van der Waals surface area (Å²) in [5.74, 6) is -0.989. The number of hydrogen-bond donors (Lipinski definition) is 6. The zero-order valence-corrected chi connectivity index (χ0v) is 31.2. The zero-order chi connectivity index (χ0) is 36.3. The van der Waals surface area contributed by atoms with Crippen LogP contribution in [-0.2, 0) is 33.9 Å². The number of amides is 3. The fraction of sp³-hybridized carbons (Fsp3) is 0.395. The Hall–Kier alpha value is -3.58. The maximum absolute atomic E-state index is 14.4. The molecule has 0 saturated carbocycles. The maximum atomic E-state index is 14.4. The number of aromatic nitrogens is 1. The number of likely N-dealkylation sites (N-methyl/N-ethyl adjacent to an activating group) is 1. The van der Waals surface area contributed by atoms with E-state index in [2.05, 4.69) is 20.9 Å². The standard InChI is InChI=1S/C38H47Cl2N7O3S/c1-47-32(20-25-22-43-29-12-6-5-11-26(25)29)37(49)45-23-27-34(17-16-28(39)35(27)40)51-33-15-7-4-10-24(33)21-44-30(14-9-19-42)36(48)46-31(38(47)50)13-3-2-8-18-41/h4-7,10-12,15-17,22,30-32,43-44H,2-3,8-9,13-14,18-21,23,41-42H2,1H3,(H,45,49)(H,46,48)/t30-,31-,32-/m0/s1. The van der Waals surface area contributed by atoms with Gasteiger partial charge in [-0.25, -0.2) is 0 Å². The van der Waals surface area contributed by atoms with Crippen molar-refractivity contribution in [1.29, 1.82) is 0 Å². The summed E-state index contributed by atoms with van der Waals surface area (Å²) in [6.45, 7) is 1.46. The molecule has 1 aliphatic rings. The fourth-order valence-corrected chi connectivity index (χ4v) is 7.94. The van der Waals surface area contributed by atoms with Crippen LogP contribution >= 0.6 is 35.0 Å². The molecule has 3 aromatic carbocycles. The Morgan fingerprint density at radius 3 is 2.37 bits per heavy atom. The Bertz CT molecular complexity index is 1820. The van der Waals surface area contributed by atoms with Crippen molar-refractivity contribution in [3.63, 3.8) is 0 Å². The molecule has 0 bridgehead atoms. The van der Waals surface area contributed by atoms with Crippen LogP contribution in [0.1, 0.15) is 55.2 Å². The molecule has 0 spiro atoms. The third-order valence-electron chi connectivity index (χ3n) is 9.35. The predicted octanol–water partition coefficient (Wildman–Crippen LogP) is 5.53. The summed E-state index contributed by atoms with van der Waals surface area (Å²) in [7, 11) is 1.63. The van der Waals surface area contributed by atoms with Crippen molar-refractivity contribution in [2.24, 2.45) is 11.5 Å². The van der Waals surface area contributed by atoms with Crippen LogP contribution in [0.3, 0.4) is 0 Å². The SMILES string of the molecule is CN1C(=O)[C@H](CCCCCN)NC(=O)[C@H](CCCN)NCc2ccccc2Sc2ccc(Cl)c(Cl)c2CNC(=O)[C@@H]1Cc1c[nH]c2ccccc12. The van der Waals surface area contributed by atoms with Gasteiger partial charge in [-0.15, -0.1) is 0 Å². The molecule has 4 aromatic rings. The van der Waals surface area contributed by atoms with Gasteiger partial charge in [0.05, 0.1) is 16.1 Å². The van der Waals surface area contributed by atoms with E-state index in [1.54, 1.807) is 13.1 Å². The number of halogens is 2. The number of aromatic amines is 1. The lowest BCUT2D eigenvalue weighted by Gasteiger charge is -2.32. The van der Waals surface area contributed by atoms with E-state index in [1.165, 1.54) is 16.7 Å². The van der Waals surface area contributed by atoms with Gasteiger partial charge in [-0.3, -0.25) is 14.4 Å². The predicted molar refractivity (Wildman–Crippen MR) is 206 cm³/mol. The number of H-pyrrole nitrogens is 1. The maximum Gasteiger partial charge on any atom is 0.245 e. The number of carbonyl (C=O) groups excluding carboxylic acids is 3. The summed E-state index contributed by atoms with van der Waals surface area (Å²) in [6.07, 6.45) is 5.93. The molecule has 3 atom stereocenters. The molecule has 1 aliphatic heterocycles. The number of nitrogens with one attached hydrogen (secondary N) is 4. The summed E-state index contributed by atoms with van der Waals surface area (Å²) in [6, 6.07) is 17.0. The molecule has 272 valence electrons. The van der Waals surface area contributed by atoms with Crippen LogP contribution in [0.5, 0.6) is 0 Å². The smallest absolute Gasteiger partial charge is 0.245 e. The van der Waals surface area contributed by atoms with E-state index in [9.17, 15) is 14.4 Å². The van der Waals surface area contributed by atoms with Crippen LogP contribution in [0.15, 0.2) is 76.7 Å². The van der Waals surface area contributed by atoms with Crippen molar-refractivity contribution >= 4 is 63.6 Å². The van der Waals surface area contributed by atoms with Crippen molar-refractivity contribution < 1.29 is 14.4 Å². The second-order valence-electron chi connectivity index (χ2n) is 12.9. The largest absolute Gasteiger partial charge is 0.361 e. The molecular formula is C38H47Cl2N7O3S. The van der Waals surface area contributed by atoms with Gasteiger partial charge in [-0.2, -0.15) is 0 Å². The van der Waals surface area contributed by atoms with E-state index >= 15 is 0 Å². The highest BCUT2D eigenvalue weighted by molar-refractivity contribution is 7.99. The van der Waals surface area contributed by atoms with E-state index < -0.39 is 18.1 Å². The number of unbranched alkanes of at least 4 members (excludes halogenated alkanes) is 2. The molecule has 0 saturated heterocycles. The molecular weight excluding hydrogens is 705 g/mol. The summed E-state index contributed by atoms with van der Waals surface area (Å²) < 4.78 is 0. The minimum atomic E-state index is -0.906. The average Bonchev–Trinajstić information content (AvgIpc) is 3.55. The fourth-order valence-electron chi connectivity index (χ4n) is 6.39. The minimum Gasteiger partial charge on any atom is -0.361 e. The highest BCUT2D eigenvalue weighted by Crippen LogP contribution is 2.38. The summed E-state index contributed by atoms with van der Waals surface area (Å²) in [5.41, 5.74) is 15.1. The zero-order valence-electron chi connectivity index (χ0n) is 28.9. The van der Waals surface area contributed by atoms with E-state index in [0.717, 1.165) is 44.7 Å². The van der Waals surface area contributed by atoms with E-state index in [-0.39, 0.29) is 30.7 Å². The minimum absolute atomic E-state index is 0.0911. The summed E-state index contributed by atoms with van der Waals surface area (Å²) >= 11 is 14.8. The Morgan fingerprint density at radius 2 is 1.57 bits per heavy atom. The Labute approximate surface area is 313 Å². The number of fused-ring (bicyclic) bond motifs is 3. The first-order chi connectivity index (χ1) is 24.7. The first-order valence-electron chi connectivity index (χ1n) is 17.5. The van der Waals surface area contributed by atoms with Gasteiger partial charge < -0.3 is 37.3 Å². The molecule has 0 unspecified atom stereocenters. The van der Waals surface area contributed by atoms with Crippen LogP contribution < -0.4 is 27.4 Å². The van der Waals surface area contributed by atoms with Gasteiger partial charge >= 0.3 is 0 Å².